The number of fused-ring (bicyclic) bond motifs is 9. The molecule has 2 nitrogen and oxygen atoms in total. The minimum atomic E-state index is 1.16. The predicted molar refractivity (Wildman–Crippen MR) is 178 cm³/mol. The van der Waals surface area contributed by atoms with Gasteiger partial charge in [0.05, 0.1) is 22.1 Å². The molecule has 9 aromatic rings. The summed E-state index contributed by atoms with van der Waals surface area (Å²) in [6.07, 6.45) is 0. The van der Waals surface area contributed by atoms with Gasteiger partial charge >= 0.3 is 0 Å². The highest BCUT2D eigenvalue weighted by Gasteiger charge is 2.21. The van der Waals surface area contributed by atoms with Gasteiger partial charge in [0.15, 0.2) is 0 Å². The number of hydrogen-bond acceptors (Lipinski definition) is 0. The second kappa shape index (κ2) is 8.95. The lowest BCUT2D eigenvalue weighted by Gasteiger charge is -2.10. The van der Waals surface area contributed by atoms with Gasteiger partial charge in [0.2, 0.25) is 0 Å². The number of aromatic nitrogens is 2. The Morgan fingerprint density at radius 1 is 0.310 bits per heavy atom. The molecule has 0 unspecified atom stereocenters. The average Bonchev–Trinajstić information content (AvgIpc) is 3.59. The van der Waals surface area contributed by atoms with Gasteiger partial charge in [-0.3, -0.25) is 0 Å². The first kappa shape index (κ1) is 23.1. The van der Waals surface area contributed by atoms with E-state index in [0.29, 0.717) is 0 Å². The Kier molecular flexibility index (Phi) is 4.93. The molecule has 0 radical (unpaired) electrons. The van der Waals surface area contributed by atoms with Crippen LogP contribution in [-0.2, 0) is 0 Å². The molecule has 42 heavy (non-hydrogen) atoms. The first-order chi connectivity index (χ1) is 20.9. The molecule has 0 aliphatic heterocycles. The van der Waals surface area contributed by atoms with Gasteiger partial charge < -0.3 is 9.13 Å². The summed E-state index contributed by atoms with van der Waals surface area (Å²) in [7, 11) is 0. The SMILES string of the molecule is c1ccc(-c2ccc(-n3c4ccccc4c4c5c6ccc7ccccc7c6n(-c6ccccc6)c5ccc43)cc2)cc1. The van der Waals surface area contributed by atoms with Crippen LogP contribution in [0.25, 0.3) is 76.9 Å². The van der Waals surface area contributed by atoms with Crippen LogP contribution in [0.2, 0.25) is 0 Å². The summed E-state index contributed by atoms with van der Waals surface area (Å²) in [5, 5.41) is 7.66. The van der Waals surface area contributed by atoms with Crippen molar-refractivity contribution in [2.75, 3.05) is 0 Å². The summed E-state index contributed by atoms with van der Waals surface area (Å²) in [6.45, 7) is 0. The number of benzene rings is 7. The minimum absolute atomic E-state index is 1.16. The van der Waals surface area contributed by atoms with Crippen LogP contribution in [-0.4, -0.2) is 9.13 Å². The van der Waals surface area contributed by atoms with E-state index in [0.717, 1.165) is 5.69 Å². The Morgan fingerprint density at radius 2 is 0.881 bits per heavy atom. The van der Waals surface area contributed by atoms with Gasteiger partial charge in [-0.25, -0.2) is 0 Å². The first-order valence-corrected chi connectivity index (χ1v) is 14.5. The van der Waals surface area contributed by atoms with E-state index in [1.165, 1.54) is 71.2 Å². The summed E-state index contributed by atoms with van der Waals surface area (Å²) in [6, 6.07) is 57.1. The zero-order chi connectivity index (χ0) is 27.6. The van der Waals surface area contributed by atoms with Crippen molar-refractivity contribution in [3.05, 3.63) is 158 Å². The fraction of sp³-hybridized carbons (Fsp3) is 0. The van der Waals surface area contributed by atoms with Gasteiger partial charge in [-0.15, -0.1) is 0 Å². The minimum Gasteiger partial charge on any atom is -0.309 e. The zero-order valence-corrected chi connectivity index (χ0v) is 22.9. The maximum Gasteiger partial charge on any atom is 0.0619 e. The molecule has 0 aliphatic carbocycles. The van der Waals surface area contributed by atoms with Crippen molar-refractivity contribution >= 4 is 54.4 Å². The molecular weight excluding hydrogens is 508 g/mol. The highest BCUT2D eigenvalue weighted by Crippen LogP contribution is 2.44. The van der Waals surface area contributed by atoms with E-state index >= 15 is 0 Å². The molecule has 0 aliphatic rings. The molecule has 0 saturated carbocycles. The first-order valence-electron chi connectivity index (χ1n) is 14.5. The summed E-state index contributed by atoms with van der Waals surface area (Å²) >= 11 is 0. The van der Waals surface area contributed by atoms with Crippen molar-refractivity contribution in [1.82, 2.24) is 9.13 Å². The third-order valence-corrected chi connectivity index (χ3v) is 8.70. The van der Waals surface area contributed by atoms with Crippen molar-refractivity contribution in [2.45, 2.75) is 0 Å². The number of rotatable bonds is 3. The molecule has 0 spiro atoms. The van der Waals surface area contributed by atoms with Crippen molar-refractivity contribution in [3.8, 4) is 22.5 Å². The Balaban J connectivity index is 1.41. The fourth-order valence-corrected chi connectivity index (χ4v) is 6.88. The third-order valence-electron chi connectivity index (χ3n) is 8.70. The van der Waals surface area contributed by atoms with Gasteiger partial charge in [0, 0.05) is 38.3 Å². The maximum absolute atomic E-state index is 2.45. The molecule has 0 N–H and O–H groups in total. The van der Waals surface area contributed by atoms with Crippen LogP contribution in [0, 0.1) is 0 Å². The molecule has 0 amide bonds. The highest BCUT2D eigenvalue weighted by molar-refractivity contribution is 6.31. The summed E-state index contributed by atoms with van der Waals surface area (Å²) < 4.78 is 4.87. The Hall–Kier alpha value is -5.60. The predicted octanol–water partition coefficient (Wildman–Crippen LogP) is 10.7. The Bertz CT molecular complexity index is 2430. The summed E-state index contributed by atoms with van der Waals surface area (Å²) in [5.41, 5.74) is 9.71. The van der Waals surface area contributed by atoms with E-state index in [1.807, 2.05) is 0 Å². The monoisotopic (exact) mass is 534 g/mol. The van der Waals surface area contributed by atoms with Crippen molar-refractivity contribution in [3.63, 3.8) is 0 Å². The van der Waals surface area contributed by atoms with Crippen molar-refractivity contribution < 1.29 is 0 Å². The van der Waals surface area contributed by atoms with Crippen molar-refractivity contribution in [1.29, 1.82) is 0 Å². The van der Waals surface area contributed by atoms with Crippen LogP contribution in [0.4, 0.5) is 0 Å². The second-order valence-corrected chi connectivity index (χ2v) is 11.0. The molecule has 2 heterocycles. The standard InChI is InChI=1S/C40H26N2/c1-3-11-27(12-4-1)28-19-22-31(23-20-28)41-35-18-10-9-17-33(35)38-36(41)25-26-37-39(38)34-24-21-29-13-7-8-16-32(29)40(34)42(37)30-14-5-2-6-15-30/h1-26H. The molecule has 0 atom stereocenters. The third kappa shape index (κ3) is 3.27. The van der Waals surface area contributed by atoms with Crippen LogP contribution in [0.5, 0.6) is 0 Å². The summed E-state index contributed by atoms with van der Waals surface area (Å²) in [4.78, 5) is 0. The van der Waals surface area contributed by atoms with E-state index in [9.17, 15) is 0 Å². The van der Waals surface area contributed by atoms with Crippen molar-refractivity contribution in [2.24, 2.45) is 0 Å². The van der Waals surface area contributed by atoms with E-state index in [4.69, 9.17) is 0 Å². The van der Waals surface area contributed by atoms with Gasteiger partial charge in [0.25, 0.3) is 0 Å². The normalized spacial score (nSPS) is 11.8. The highest BCUT2D eigenvalue weighted by atomic mass is 15.0. The topological polar surface area (TPSA) is 9.86 Å². The number of para-hydroxylation sites is 2. The van der Waals surface area contributed by atoms with Gasteiger partial charge in [-0.1, -0.05) is 115 Å². The molecule has 2 aromatic heterocycles. The smallest absolute Gasteiger partial charge is 0.0619 e. The molecular formula is C40H26N2. The molecule has 9 rings (SSSR count). The average molecular weight is 535 g/mol. The van der Waals surface area contributed by atoms with Crippen LogP contribution < -0.4 is 0 Å². The van der Waals surface area contributed by atoms with E-state index in [2.05, 4.69) is 167 Å². The van der Waals surface area contributed by atoms with E-state index in [1.54, 1.807) is 0 Å². The molecule has 0 saturated heterocycles. The number of hydrogen-bond donors (Lipinski definition) is 0. The van der Waals surface area contributed by atoms with E-state index < -0.39 is 0 Å². The molecule has 196 valence electrons. The van der Waals surface area contributed by atoms with Gasteiger partial charge in [-0.05, 0) is 59.0 Å². The Labute approximate surface area is 243 Å². The quantitative estimate of drug-likeness (QED) is 0.213. The van der Waals surface area contributed by atoms with Crippen LogP contribution in [0.1, 0.15) is 0 Å². The second-order valence-electron chi connectivity index (χ2n) is 11.0. The fourth-order valence-electron chi connectivity index (χ4n) is 6.88. The van der Waals surface area contributed by atoms with E-state index in [-0.39, 0.29) is 0 Å². The van der Waals surface area contributed by atoms with Crippen LogP contribution in [0.15, 0.2) is 158 Å². The summed E-state index contributed by atoms with van der Waals surface area (Å²) in [5.74, 6) is 0. The zero-order valence-electron chi connectivity index (χ0n) is 22.9. The van der Waals surface area contributed by atoms with Gasteiger partial charge in [-0.2, -0.15) is 0 Å². The molecule has 0 bridgehead atoms. The lowest BCUT2D eigenvalue weighted by molar-refractivity contribution is 1.17. The van der Waals surface area contributed by atoms with Gasteiger partial charge in [0.1, 0.15) is 0 Å². The molecule has 0 fully saturated rings. The lowest BCUT2D eigenvalue weighted by atomic mass is 10.0. The molecule has 2 heteroatoms. The van der Waals surface area contributed by atoms with Crippen LogP contribution >= 0.6 is 0 Å². The molecule has 7 aromatic carbocycles. The Morgan fingerprint density at radius 3 is 1.67 bits per heavy atom. The largest absolute Gasteiger partial charge is 0.309 e. The maximum atomic E-state index is 2.45. The van der Waals surface area contributed by atoms with Crippen LogP contribution in [0.3, 0.4) is 0 Å². The lowest BCUT2D eigenvalue weighted by Crippen LogP contribution is -1.95. The number of nitrogens with zero attached hydrogens (tertiary/aromatic N) is 2.